The Bertz CT molecular complexity index is 1120. The third kappa shape index (κ3) is 4.82. The molecule has 4 aromatic carbocycles. The Kier molecular flexibility index (Phi) is 7.14. The Morgan fingerprint density at radius 2 is 1.25 bits per heavy atom. The smallest absolute Gasteiger partial charge is 0.136 e. The van der Waals surface area contributed by atoms with Crippen molar-refractivity contribution < 1.29 is 0 Å². The lowest BCUT2D eigenvalue weighted by Gasteiger charge is -2.36. The molecule has 0 aliphatic heterocycles. The first kappa shape index (κ1) is 22.0. The summed E-state index contributed by atoms with van der Waals surface area (Å²) >= 11 is 0. The summed E-state index contributed by atoms with van der Waals surface area (Å²) < 4.78 is 2.27. The SMILES string of the molecule is CCCc1ccccc1N(C(=N)c1ccc(C)cc1)P(c1ccccc1)c1ccccc1. The molecule has 0 saturated heterocycles. The van der Waals surface area contributed by atoms with Crippen LogP contribution in [0, 0.1) is 12.3 Å². The summed E-state index contributed by atoms with van der Waals surface area (Å²) in [5.41, 5.74) is 4.54. The van der Waals surface area contributed by atoms with Crippen LogP contribution in [0.1, 0.15) is 30.0 Å². The molecule has 0 aliphatic carbocycles. The zero-order valence-corrected chi connectivity index (χ0v) is 19.6. The number of amidine groups is 1. The standard InChI is InChI=1S/C29H29N2P/c1-3-12-24-13-10-11-18-28(24)31(29(30)25-21-19-23(2)20-22-25)32(26-14-6-4-7-15-26)27-16-8-5-9-17-27/h4-11,13-22,30H,3,12H2,1-2H3. The summed E-state index contributed by atoms with van der Waals surface area (Å²) in [6.45, 7) is 4.30. The third-order valence-electron chi connectivity index (χ3n) is 5.48. The van der Waals surface area contributed by atoms with Crippen LogP contribution >= 0.6 is 8.07 Å². The molecule has 160 valence electrons. The minimum absolute atomic E-state index is 0.535. The molecule has 4 aromatic rings. The molecule has 0 spiro atoms. The van der Waals surface area contributed by atoms with Crippen molar-refractivity contribution in [3.05, 3.63) is 126 Å². The maximum Gasteiger partial charge on any atom is 0.136 e. The van der Waals surface area contributed by atoms with E-state index >= 15 is 0 Å². The maximum atomic E-state index is 9.39. The molecule has 0 heterocycles. The van der Waals surface area contributed by atoms with Crippen molar-refractivity contribution in [2.75, 3.05) is 4.67 Å². The molecule has 4 rings (SSSR count). The minimum atomic E-state index is -0.979. The van der Waals surface area contributed by atoms with Crippen LogP contribution in [0.25, 0.3) is 0 Å². The van der Waals surface area contributed by atoms with E-state index < -0.39 is 8.07 Å². The van der Waals surface area contributed by atoms with E-state index in [2.05, 4.69) is 128 Å². The van der Waals surface area contributed by atoms with E-state index in [1.807, 2.05) is 0 Å². The number of rotatable bonds is 7. The van der Waals surface area contributed by atoms with Crippen LogP contribution in [-0.2, 0) is 6.42 Å². The molecule has 32 heavy (non-hydrogen) atoms. The quantitative estimate of drug-likeness (QED) is 0.192. The molecule has 1 N–H and O–H groups in total. The lowest BCUT2D eigenvalue weighted by molar-refractivity contribution is 0.922. The number of hydrogen-bond acceptors (Lipinski definition) is 1. The van der Waals surface area contributed by atoms with Gasteiger partial charge in [0, 0.05) is 16.2 Å². The van der Waals surface area contributed by atoms with Crippen LogP contribution in [0.15, 0.2) is 109 Å². The minimum Gasteiger partial charge on any atom is -0.296 e. The molecule has 2 nitrogen and oxygen atoms in total. The number of hydrogen-bond donors (Lipinski definition) is 1. The summed E-state index contributed by atoms with van der Waals surface area (Å²) in [6.07, 6.45) is 2.05. The van der Waals surface area contributed by atoms with Gasteiger partial charge in [0.1, 0.15) is 5.84 Å². The molecule has 0 fully saturated rings. The predicted molar refractivity (Wildman–Crippen MR) is 140 cm³/mol. The highest BCUT2D eigenvalue weighted by Crippen LogP contribution is 2.44. The van der Waals surface area contributed by atoms with Crippen LogP contribution in [0.3, 0.4) is 0 Å². The van der Waals surface area contributed by atoms with Gasteiger partial charge in [0.05, 0.1) is 13.8 Å². The Balaban J connectivity index is 1.94. The van der Waals surface area contributed by atoms with Gasteiger partial charge in [-0.2, -0.15) is 0 Å². The van der Waals surface area contributed by atoms with Crippen molar-refractivity contribution in [2.24, 2.45) is 0 Å². The van der Waals surface area contributed by atoms with Gasteiger partial charge < -0.3 is 0 Å². The fourth-order valence-electron chi connectivity index (χ4n) is 3.88. The third-order valence-corrected chi connectivity index (χ3v) is 7.87. The van der Waals surface area contributed by atoms with Crippen molar-refractivity contribution in [3.63, 3.8) is 0 Å². The van der Waals surface area contributed by atoms with Crippen LogP contribution in [-0.4, -0.2) is 5.84 Å². The van der Waals surface area contributed by atoms with E-state index in [9.17, 15) is 5.41 Å². The zero-order chi connectivity index (χ0) is 22.3. The molecular formula is C29H29N2P. The van der Waals surface area contributed by atoms with Gasteiger partial charge in [-0.3, -0.25) is 10.1 Å². The van der Waals surface area contributed by atoms with Crippen molar-refractivity contribution in [1.29, 1.82) is 5.41 Å². The normalized spacial score (nSPS) is 10.8. The summed E-state index contributed by atoms with van der Waals surface area (Å²) in [5, 5.41) is 11.9. The molecule has 0 saturated carbocycles. The van der Waals surface area contributed by atoms with Gasteiger partial charge >= 0.3 is 0 Å². The second kappa shape index (κ2) is 10.4. The van der Waals surface area contributed by atoms with Gasteiger partial charge in [0.2, 0.25) is 0 Å². The van der Waals surface area contributed by atoms with Crippen molar-refractivity contribution >= 4 is 30.2 Å². The van der Waals surface area contributed by atoms with Crippen molar-refractivity contribution in [2.45, 2.75) is 26.7 Å². The largest absolute Gasteiger partial charge is 0.296 e. The van der Waals surface area contributed by atoms with E-state index in [0.29, 0.717) is 5.84 Å². The number of anilines is 1. The summed E-state index contributed by atoms with van der Waals surface area (Å²) in [4.78, 5) is 0. The highest BCUT2D eigenvalue weighted by Gasteiger charge is 2.28. The number of aryl methyl sites for hydroxylation is 2. The number of nitrogens with zero attached hydrogens (tertiary/aromatic N) is 1. The lowest BCUT2D eigenvalue weighted by Crippen LogP contribution is -2.34. The Morgan fingerprint density at radius 3 is 1.81 bits per heavy atom. The van der Waals surface area contributed by atoms with Crippen molar-refractivity contribution in [1.82, 2.24) is 0 Å². The highest BCUT2D eigenvalue weighted by molar-refractivity contribution is 7.75. The second-order valence-corrected chi connectivity index (χ2v) is 9.94. The molecule has 0 aliphatic rings. The first-order chi connectivity index (χ1) is 15.7. The van der Waals surface area contributed by atoms with E-state index in [4.69, 9.17) is 0 Å². The van der Waals surface area contributed by atoms with Gasteiger partial charge in [-0.05, 0) is 25.0 Å². The molecule has 0 radical (unpaired) electrons. The van der Waals surface area contributed by atoms with Gasteiger partial charge in [-0.15, -0.1) is 0 Å². The first-order valence-corrected chi connectivity index (χ1v) is 12.4. The topological polar surface area (TPSA) is 27.1 Å². The van der Waals surface area contributed by atoms with E-state index in [0.717, 1.165) is 24.1 Å². The van der Waals surface area contributed by atoms with E-state index in [-0.39, 0.29) is 0 Å². The average Bonchev–Trinajstić information content (AvgIpc) is 2.84. The summed E-state index contributed by atoms with van der Waals surface area (Å²) in [7, 11) is -0.979. The van der Waals surface area contributed by atoms with Crippen LogP contribution < -0.4 is 15.3 Å². The summed E-state index contributed by atoms with van der Waals surface area (Å²) in [5.74, 6) is 0.535. The first-order valence-electron chi connectivity index (χ1n) is 11.1. The van der Waals surface area contributed by atoms with Gasteiger partial charge in [-0.1, -0.05) is 122 Å². The van der Waals surface area contributed by atoms with Gasteiger partial charge in [0.15, 0.2) is 0 Å². The molecule has 0 amide bonds. The molecule has 0 unspecified atom stereocenters. The highest BCUT2D eigenvalue weighted by atomic mass is 31.1. The molecule has 0 atom stereocenters. The van der Waals surface area contributed by atoms with E-state index in [1.165, 1.54) is 21.7 Å². The monoisotopic (exact) mass is 436 g/mol. The molecule has 0 aromatic heterocycles. The van der Waals surface area contributed by atoms with Crippen LogP contribution in [0.5, 0.6) is 0 Å². The fourth-order valence-corrected chi connectivity index (χ4v) is 6.27. The maximum absolute atomic E-state index is 9.39. The van der Waals surface area contributed by atoms with Crippen molar-refractivity contribution in [3.8, 4) is 0 Å². The molecule has 0 bridgehead atoms. The van der Waals surface area contributed by atoms with Crippen LogP contribution in [0.2, 0.25) is 0 Å². The average molecular weight is 437 g/mol. The van der Waals surface area contributed by atoms with Gasteiger partial charge in [-0.25, -0.2) is 0 Å². The zero-order valence-electron chi connectivity index (χ0n) is 18.7. The Labute approximate surface area is 192 Å². The number of nitrogens with one attached hydrogen (secondary N) is 1. The number of para-hydroxylation sites is 1. The molecular weight excluding hydrogens is 407 g/mol. The van der Waals surface area contributed by atoms with Gasteiger partial charge in [0.25, 0.3) is 0 Å². The lowest BCUT2D eigenvalue weighted by atomic mass is 10.1. The van der Waals surface area contributed by atoms with Crippen LogP contribution in [0.4, 0.5) is 5.69 Å². The number of benzene rings is 4. The summed E-state index contributed by atoms with van der Waals surface area (Å²) in [6, 6.07) is 38.2. The predicted octanol–water partition coefficient (Wildman–Crippen LogP) is 6.83. The molecule has 3 heteroatoms. The fraction of sp³-hybridized carbons (Fsp3) is 0.138. The van der Waals surface area contributed by atoms with E-state index in [1.54, 1.807) is 0 Å². The Hall–Kier alpha value is -3.22. The second-order valence-electron chi connectivity index (χ2n) is 7.89. The Morgan fingerprint density at radius 1 is 0.719 bits per heavy atom.